The molecule has 8 heteroatoms. The molecule has 2 aromatic carbocycles. The number of aromatic nitrogens is 2. The number of aromatic amines is 1. The van der Waals surface area contributed by atoms with Gasteiger partial charge in [0, 0.05) is 0 Å². The van der Waals surface area contributed by atoms with Crippen LogP contribution in [0, 0.1) is 60.2 Å². The first-order valence-electron chi connectivity index (χ1n) is 13.8. The van der Waals surface area contributed by atoms with Crippen molar-refractivity contribution < 1.29 is 13.5 Å². The van der Waals surface area contributed by atoms with E-state index in [9.17, 15) is 0 Å². The van der Waals surface area contributed by atoms with E-state index in [0.717, 1.165) is 11.5 Å². The van der Waals surface area contributed by atoms with Gasteiger partial charge in [-0.2, -0.15) is 0 Å². The standard InChI is InChI=1S/C33H40N4S.2ClH.Ru/c1-18-14-20(3)30(21(4)15-18)36-26(9)24(7)34-32(36)29-12-13-38(28(29)11)33-35-25(8)27(10)37(33)31-22(5)16-19(2)17-23(31)6;;;/h11-17,28,34-35H,1-10H3;2*1H;/p-2. The number of imidazole rings is 1. The van der Waals surface area contributed by atoms with Crippen molar-refractivity contribution in [2.75, 3.05) is 4.90 Å². The van der Waals surface area contributed by atoms with E-state index >= 15 is 0 Å². The van der Waals surface area contributed by atoms with Gasteiger partial charge in [0.15, 0.2) is 0 Å². The summed E-state index contributed by atoms with van der Waals surface area (Å²) in [6.45, 7) is 21.9. The second kappa shape index (κ2) is 11.5. The summed E-state index contributed by atoms with van der Waals surface area (Å²) >= 11 is -2.12. The summed E-state index contributed by atoms with van der Waals surface area (Å²) < 4.78 is 5.84. The number of anilines is 1. The summed E-state index contributed by atoms with van der Waals surface area (Å²) in [7, 11) is 13.0. The maximum absolute atomic E-state index is 6.67. The van der Waals surface area contributed by atoms with E-state index in [1.807, 2.05) is 0 Å². The molecule has 0 fully saturated rings. The van der Waals surface area contributed by atoms with Crippen molar-refractivity contribution in [2.24, 2.45) is 0 Å². The topological polar surface area (TPSA) is 36.0 Å². The number of hydrogen-bond donors (Lipinski definition) is 2. The van der Waals surface area contributed by atoms with Crippen LogP contribution in [-0.2, 0) is 13.5 Å². The van der Waals surface area contributed by atoms with Gasteiger partial charge in [-0.3, -0.25) is 0 Å². The number of H-pyrrole nitrogens is 1. The predicted molar refractivity (Wildman–Crippen MR) is 177 cm³/mol. The summed E-state index contributed by atoms with van der Waals surface area (Å²) in [6, 6.07) is 9.08. The molecule has 222 valence electrons. The Morgan fingerprint density at radius 1 is 0.805 bits per heavy atom. The number of hydrogen-bond acceptors (Lipinski definition) is 2. The Morgan fingerprint density at radius 2 is 1.34 bits per heavy atom. The van der Waals surface area contributed by atoms with Crippen molar-refractivity contribution in [1.29, 1.82) is 0 Å². The molecular weight excluding hydrogens is 656 g/mol. The zero-order valence-corrected chi connectivity index (χ0v) is 29.6. The first-order valence-corrected chi connectivity index (χ1v) is 20.6. The Balaban J connectivity index is 1.81. The molecule has 4 nitrogen and oxygen atoms in total. The SMILES string of the molecule is CC1=C(C)N(c2c(C)cc(C)cc2C)C(=C2C=CS(=c3[nH]c(C)c(C)n3-c3c(C)cc(C)cc3C)C2[CH]=[Ru-2]([Cl])[Cl])N1. The van der Waals surface area contributed by atoms with Crippen LogP contribution in [0.5, 0.6) is 0 Å². The van der Waals surface area contributed by atoms with Crippen molar-refractivity contribution in [3.63, 3.8) is 0 Å². The third kappa shape index (κ3) is 5.42. The molecule has 2 aliphatic rings. The molecule has 3 heterocycles. The molecule has 2 N–H and O–H groups in total. The van der Waals surface area contributed by atoms with Crippen LogP contribution in [0.2, 0.25) is 0 Å². The Hall–Kier alpha value is -2.11. The average Bonchev–Trinajstić information content (AvgIpc) is 3.48. The summed E-state index contributed by atoms with van der Waals surface area (Å²) in [6.07, 6.45) is 2.29. The van der Waals surface area contributed by atoms with Gasteiger partial charge < -0.3 is 0 Å². The number of benzene rings is 2. The first kappa shape index (κ1) is 30.4. The molecule has 41 heavy (non-hydrogen) atoms. The van der Waals surface area contributed by atoms with Crippen LogP contribution in [-0.4, -0.2) is 19.4 Å². The van der Waals surface area contributed by atoms with Crippen molar-refractivity contribution in [3.8, 4) is 5.69 Å². The molecule has 0 saturated carbocycles. The number of rotatable bonds is 3. The van der Waals surface area contributed by atoms with Crippen LogP contribution in [0.25, 0.3) is 5.69 Å². The third-order valence-corrected chi connectivity index (χ3v) is 12.7. The monoisotopic (exact) mass is 696 g/mol. The number of halogens is 2. The number of aryl methyl sites for hydroxylation is 7. The fraction of sp³-hybridized carbons (Fsp3) is 0.333. The van der Waals surface area contributed by atoms with Crippen molar-refractivity contribution >= 4 is 40.2 Å². The van der Waals surface area contributed by atoms with Gasteiger partial charge in [0.25, 0.3) is 0 Å². The second-order valence-electron chi connectivity index (χ2n) is 11.4. The molecule has 0 aliphatic carbocycles. The van der Waals surface area contributed by atoms with E-state index in [2.05, 4.69) is 129 Å². The van der Waals surface area contributed by atoms with Gasteiger partial charge in [-0.15, -0.1) is 0 Å². The van der Waals surface area contributed by atoms with Crippen LogP contribution in [0.4, 0.5) is 5.69 Å². The molecule has 2 unspecified atom stereocenters. The van der Waals surface area contributed by atoms with Crippen LogP contribution in [0.15, 0.2) is 58.5 Å². The average molecular weight is 697 g/mol. The Bertz CT molecular complexity index is 1750. The molecule has 3 aromatic rings. The molecule has 0 bridgehead atoms. The van der Waals surface area contributed by atoms with Gasteiger partial charge >= 0.3 is 262 Å². The van der Waals surface area contributed by atoms with Crippen LogP contribution in [0.3, 0.4) is 0 Å². The minimum absolute atomic E-state index is 0.0494. The zero-order valence-electron chi connectivity index (χ0n) is 25.5. The summed E-state index contributed by atoms with van der Waals surface area (Å²) in [5.41, 5.74) is 16.1. The van der Waals surface area contributed by atoms with E-state index in [0.29, 0.717) is 0 Å². The fourth-order valence-corrected chi connectivity index (χ4v) is 12.1. The van der Waals surface area contributed by atoms with Gasteiger partial charge in [0.05, 0.1) is 0 Å². The van der Waals surface area contributed by atoms with Gasteiger partial charge in [-0.1, -0.05) is 0 Å². The Kier molecular flexibility index (Phi) is 8.53. The normalized spacial score (nSPS) is 21.2. The quantitative estimate of drug-likeness (QED) is 0.212. The third-order valence-electron chi connectivity index (χ3n) is 8.17. The minimum atomic E-state index is -2.12. The molecule has 2 aliphatic heterocycles. The number of allylic oxidation sites excluding steroid dienone is 3. The van der Waals surface area contributed by atoms with E-state index < -0.39 is 13.5 Å². The molecule has 0 amide bonds. The molecular formula is C33H40Cl2N4RuS-2. The van der Waals surface area contributed by atoms with Gasteiger partial charge in [0.1, 0.15) is 0 Å². The van der Waals surface area contributed by atoms with E-state index in [1.54, 1.807) is 0 Å². The first-order chi connectivity index (χ1) is 19.3. The van der Waals surface area contributed by atoms with Crippen molar-refractivity contribution in [1.82, 2.24) is 14.9 Å². The van der Waals surface area contributed by atoms with Gasteiger partial charge in [-0.25, -0.2) is 0 Å². The number of nitrogens with zero attached hydrogens (tertiary/aromatic N) is 2. The summed E-state index contributed by atoms with van der Waals surface area (Å²) in [5, 5.41) is 6.16. The van der Waals surface area contributed by atoms with Crippen LogP contribution >= 0.6 is 29.9 Å². The van der Waals surface area contributed by atoms with Gasteiger partial charge in [0.2, 0.25) is 0 Å². The van der Waals surface area contributed by atoms with Crippen LogP contribution in [0.1, 0.15) is 58.6 Å². The predicted octanol–water partition coefficient (Wildman–Crippen LogP) is 9.27. The summed E-state index contributed by atoms with van der Waals surface area (Å²) in [4.78, 5) is 6.19. The fourth-order valence-electron chi connectivity index (χ4n) is 6.31. The molecule has 0 radical (unpaired) electrons. The molecule has 0 saturated heterocycles. The van der Waals surface area contributed by atoms with Crippen molar-refractivity contribution in [3.05, 3.63) is 108 Å². The Morgan fingerprint density at radius 3 is 1.88 bits per heavy atom. The van der Waals surface area contributed by atoms with E-state index in [4.69, 9.17) is 19.4 Å². The van der Waals surface area contributed by atoms with Gasteiger partial charge in [-0.05, 0) is 0 Å². The summed E-state index contributed by atoms with van der Waals surface area (Å²) in [5.74, 6) is 1.10. The second-order valence-corrected chi connectivity index (χ2v) is 19.1. The van der Waals surface area contributed by atoms with E-state index in [-0.39, 0.29) is 15.7 Å². The molecule has 5 rings (SSSR count). The van der Waals surface area contributed by atoms with Crippen molar-refractivity contribution in [2.45, 2.75) is 74.5 Å². The zero-order chi connectivity index (χ0) is 29.9. The molecule has 2 atom stereocenters. The van der Waals surface area contributed by atoms with E-state index in [1.165, 1.54) is 72.2 Å². The number of nitrogens with one attached hydrogen (secondary N) is 2. The molecule has 0 spiro atoms. The van der Waals surface area contributed by atoms with Crippen LogP contribution < -0.4 is 10.2 Å². The molecule has 1 aromatic heterocycles. The maximum atomic E-state index is 6.67. The Labute approximate surface area is 260 Å².